The van der Waals surface area contributed by atoms with Gasteiger partial charge in [-0.05, 0) is 35.1 Å². The number of nitrogens with two attached hydrogens (primary N) is 1. The van der Waals surface area contributed by atoms with Gasteiger partial charge < -0.3 is 15.4 Å². The molecule has 0 spiro atoms. The van der Waals surface area contributed by atoms with Crippen molar-refractivity contribution in [3.63, 3.8) is 0 Å². The Bertz CT molecular complexity index is 1050. The lowest BCUT2D eigenvalue weighted by molar-refractivity contribution is -0.163. The summed E-state index contributed by atoms with van der Waals surface area (Å²) in [7, 11) is 0. The molecule has 5 nitrogen and oxygen atoms in total. The van der Waals surface area contributed by atoms with Crippen LogP contribution in [0.3, 0.4) is 0 Å². The van der Waals surface area contributed by atoms with Gasteiger partial charge in [0.15, 0.2) is 5.60 Å². The quantitative estimate of drug-likeness (QED) is 0.644. The first-order chi connectivity index (χ1) is 14.9. The van der Waals surface area contributed by atoms with Crippen LogP contribution < -0.4 is 5.73 Å². The molecule has 0 aliphatic carbocycles. The minimum absolute atomic E-state index is 0.0224. The van der Waals surface area contributed by atoms with Crippen molar-refractivity contribution < 1.29 is 14.3 Å². The molecule has 31 heavy (non-hydrogen) atoms. The molecule has 0 unspecified atom stereocenters. The zero-order valence-corrected chi connectivity index (χ0v) is 18.4. The minimum Gasteiger partial charge on any atom is -0.367 e. The summed E-state index contributed by atoms with van der Waals surface area (Å²) >= 11 is 1.68. The molecule has 1 saturated heterocycles. The van der Waals surface area contributed by atoms with Gasteiger partial charge in [-0.25, -0.2) is 0 Å². The van der Waals surface area contributed by atoms with Gasteiger partial charge >= 0.3 is 0 Å². The Labute approximate surface area is 186 Å². The van der Waals surface area contributed by atoms with Crippen LogP contribution in [0.5, 0.6) is 0 Å². The predicted molar refractivity (Wildman–Crippen MR) is 123 cm³/mol. The molecule has 1 aliphatic rings. The first-order valence-electron chi connectivity index (χ1n) is 10.4. The standard InChI is InChI=1S/C25H26N2O3S/c1-18-4-6-19(7-5-18)15-23(28)27-12-13-30-25(17-27,24(26)29)16-20-8-10-21(11-9-20)22-3-2-14-31-22/h2-11,14H,12-13,15-17H2,1H3,(H2,26,29)/t25-/m1/s1. The number of aryl methyl sites for hydroxylation is 1. The Morgan fingerprint density at radius 3 is 2.42 bits per heavy atom. The van der Waals surface area contributed by atoms with Crippen molar-refractivity contribution in [2.24, 2.45) is 5.73 Å². The van der Waals surface area contributed by atoms with E-state index < -0.39 is 11.5 Å². The van der Waals surface area contributed by atoms with E-state index in [9.17, 15) is 9.59 Å². The fourth-order valence-electron chi connectivity index (χ4n) is 3.89. The van der Waals surface area contributed by atoms with Gasteiger partial charge in [0.25, 0.3) is 5.91 Å². The number of amides is 2. The number of primary amides is 1. The van der Waals surface area contributed by atoms with Gasteiger partial charge in [0, 0.05) is 17.8 Å². The van der Waals surface area contributed by atoms with Gasteiger partial charge in [0.2, 0.25) is 5.91 Å². The molecule has 6 heteroatoms. The largest absolute Gasteiger partial charge is 0.367 e. The van der Waals surface area contributed by atoms with Gasteiger partial charge in [-0.3, -0.25) is 9.59 Å². The molecule has 1 fully saturated rings. The van der Waals surface area contributed by atoms with Crippen LogP contribution in [0.25, 0.3) is 10.4 Å². The molecule has 2 amide bonds. The van der Waals surface area contributed by atoms with Gasteiger partial charge in [-0.15, -0.1) is 11.3 Å². The number of ether oxygens (including phenoxy) is 1. The average molecular weight is 435 g/mol. The first kappa shape index (κ1) is 21.3. The van der Waals surface area contributed by atoms with Crippen LogP contribution in [0.2, 0.25) is 0 Å². The number of morpholine rings is 1. The normalized spacial score (nSPS) is 18.7. The van der Waals surface area contributed by atoms with Crippen molar-refractivity contribution in [3.05, 3.63) is 82.7 Å². The van der Waals surface area contributed by atoms with Crippen molar-refractivity contribution >= 4 is 23.2 Å². The summed E-state index contributed by atoms with van der Waals surface area (Å²) in [6.07, 6.45) is 0.631. The van der Waals surface area contributed by atoms with Gasteiger partial charge in [-0.2, -0.15) is 0 Å². The fourth-order valence-corrected chi connectivity index (χ4v) is 4.62. The maximum Gasteiger partial charge on any atom is 0.251 e. The van der Waals surface area contributed by atoms with E-state index >= 15 is 0 Å². The zero-order chi connectivity index (χ0) is 21.8. The van der Waals surface area contributed by atoms with E-state index in [1.165, 1.54) is 4.88 Å². The summed E-state index contributed by atoms with van der Waals surface area (Å²) in [5, 5.41) is 2.05. The van der Waals surface area contributed by atoms with Crippen LogP contribution in [0.15, 0.2) is 66.0 Å². The number of benzene rings is 2. The van der Waals surface area contributed by atoms with Gasteiger partial charge in [0.1, 0.15) is 0 Å². The van der Waals surface area contributed by atoms with E-state index in [0.29, 0.717) is 19.4 Å². The lowest BCUT2D eigenvalue weighted by Gasteiger charge is -2.41. The van der Waals surface area contributed by atoms with Crippen LogP contribution in [0.1, 0.15) is 16.7 Å². The molecule has 1 aliphatic heterocycles. The second-order valence-corrected chi connectivity index (χ2v) is 8.98. The SMILES string of the molecule is Cc1ccc(CC(=O)N2CCO[C@@](Cc3ccc(-c4cccs4)cc3)(C(N)=O)C2)cc1. The summed E-state index contributed by atoms with van der Waals surface area (Å²) in [5.41, 5.74) is 8.76. The molecule has 2 heterocycles. The topological polar surface area (TPSA) is 72.6 Å². The van der Waals surface area contributed by atoms with E-state index in [-0.39, 0.29) is 19.1 Å². The third kappa shape index (κ3) is 4.86. The summed E-state index contributed by atoms with van der Waals surface area (Å²) < 4.78 is 5.91. The Hall–Kier alpha value is -2.96. The zero-order valence-electron chi connectivity index (χ0n) is 17.5. The number of rotatable bonds is 6. The predicted octanol–water partition coefficient (Wildman–Crippen LogP) is 3.59. The van der Waals surface area contributed by atoms with Crippen molar-refractivity contribution in [3.8, 4) is 10.4 Å². The number of hydrogen-bond acceptors (Lipinski definition) is 4. The minimum atomic E-state index is -1.22. The maximum absolute atomic E-state index is 12.9. The highest BCUT2D eigenvalue weighted by Gasteiger charge is 2.43. The number of hydrogen-bond donors (Lipinski definition) is 1. The lowest BCUT2D eigenvalue weighted by atomic mass is 9.91. The monoisotopic (exact) mass is 434 g/mol. The van der Waals surface area contributed by atoms with Gasteiger partial charge in [0.05, 0.1) is 19.6 Å². The van der Waals surface area contributed by atoms with Crippen molar-refractivity contribution in [2.75, 3.05) is 19.7 Å². The summed E-state index contributed by atoms with van der Waals surface area (Å²) in [4.78, 5) is 28.3. The summed E-state index contributed by atoms with van der Waals surface area (Å²) in [6, 6.07) is 20.1. The van der Waals surface area contributed by atoms with Crippen LogP contribution in [-0.4, -0.2) is 42.0 Å². The molecule has 0 saturated carbocycles. The molecule has 4 rings (SSSR count). The number of nitrogens with zero attached hydrogens (tertiary/aromatic N) is 1. The molecule has 160 valence electrons. The first-order valence-corrected chi connectivity index (χ1v) is 11.2. The van der Waals surface area contributed by atoms with Crippen molar-refractivity contribution in [1.29, 1.82) is 0 Å². The van der Waals surface area contributed by atoms with E-state index in [1.807, 2.05) is 66.9 Å². The van der Waals surface area contributed by atoms with Crippen molar-refractivity contribution in [1.82, 2.24) is 4.90 Å². The average Bonchev–Trinajstić information content (AvgIpc) is 3.31. The lowest BCUT2D eigenvalue weighted by Crippen LogP contribution is -2.61. The van der Waals surface area contributed by atoms with Crippen LogP contribution in [0, 0.1) is 6.92 Å². The summed E-state index contributed by atoms with van der Waals surface area (Å²) in [6.45, 7) is 2.92. The van der Waals surface area contributed by atoms with E-state index in [2.05, 4.69) is 6.07 Å². The molecular weight excluding hydrogens is 408 g/mol. The van der Waals surface area contributed by atoms with Crippen molar-refractivity contribution in [2.45, 2.75) is 25.4 Å². The molecular formula is C25H26N2O3S. The number of carbonyl (C=O) groups is 2. The molecule has 0 radical (unpaired) electrons. The molecule has 3 aromatic rings. The number of thiophene rings is 1. The maximum atomic E-state index is 12.9. The fraction of sp³-hybridized carbons (Fsp3) is 0.280. The Balaban J connectivity index is 1.48. The second kappa shape index (κ2) is 9.04. The second-order valence-electron chi connectivity index (χ2n) is 8.04. The third-order valence-corrected chi connectivity index (χ3v) is 6.63. The van der Waals surface area contributed by atoms with Crippen LogP contribution >= 0.6 is 11.3 Å². The van der Waals surface area contributed by atoms with Gasteiger partial charge in [-0.1, -0.05) is 60.2 Å². The molecule has 0 bridgehead atoms. The van der Waals surface area contributed by atoms with E-state index in [1.54, 1.807) is 16.2 Å². The number of carbonyl (C=O) groups excluding carboxylic acids is 2. The molecule has 2 N–H and O–H groups in total. The highest BCUT2D eigenvalue weighted by atomic mass is 32.1. The van der Waals surface area contributed by atoms with E-state index in [0.717, 1.165) is 22.3 Å². The molecule has 1 aromatic heterocycles. The van der Waals surface area contributed by atoms with E-state index in [4.69, 9.17) is 10.5 Å². The summed E-state index contributed by atoms with van der Waals surface area (Å²) in [5.74, 6) is -0.562. The third-order valence-electron chi connectivity index (χ3n) is 5.71. The van der Waals surface area contributed by atoms with Crippen LogP contribution in [0.4, 0.5) is 0 Å². The Kier molecular flexibility index (Phi) is 6.20. The highest BCUT2D eigenvalue weighted by molar-refractivity contribution is 7.13. The molecule has 1 atom stereocenters. The highest BCUT2D eigenvalue weighted by Crippen LogP contribution is 2.28. The molecule has 2 aromatic carbocycles. The van der Waals surface area contributed by atoms with Crippen LogP contribution in [-0.2, 0) is 27.2 Å². The Morgan fingerprint density at radius 1 is 1.06 bits per heavy atom. The smallest absolute Gasteiger partial charge is 0.251 e. The Morgan fingerprint density at radius 2 is 1.77 bits per heavy atom.